The maximum absolute atomic E-state index is 13.3. The van der Waals surface area contributed by atoms with E-state index in [0.717, 1.165) is 11.1 Å². The van der Waals surface area contributed by atoms with Crippen LogP contribution >= 0.6 is 0 Å². The second kappa shape index (κ2) is 9.43. The van der Waals surface area contributed by atoms with E-state index in [0.29, 0.717) is 6.42 Å². The van der Waals surface area contributed by atoms with Gasteiger partial charge in [-0.3, -0.25) is 9.59 Å². The molecule has 1 fully saturated rings. The van der Waals surface area contributed by atoms with Gasteiger partial charge in [-0.15, -0.1) is 0 Å². The van der Waals surface area contributed by atoms with Gasteiger partial charge in [-0.2, -0.15) is 0 Å². The highest BCUT2D eigenvalue weighted by Gasteiger charge is 2.33. The molecule has 2 N–H and O–H groups in total. The molecule has 7 heteroatoms. The molecule has 1 aliphatic heterocycles. The summed E-state index contributed by atoms with van der Waals surface area (Å²) in [6, 6.07) is 17.7. The number of rotatable bonds is 7. The molecule has 1 heterocycles. The zero-order valence-corrected chi connectivity index (χ0v) is 18.1. The van der Waals surface area contributed by atoms with E-state index in [2.05, 4.69) is 10.6 Å². The van der Waals surface area contributed by atoms with Gasteiger partial charge in [0.25, 0.3) is 0 Å². The molecule has 0 aromatic heterocycles. The Bertz CT molecular complexity index is 935. The van der Waals surface area contributed by atoms with Crippen molar-refractivity contribution >= 4 is 21.7 Å². The normalized spacial score (nSPS) is 18.9. The van der Waals surface area contributed by atoms with Gasteiger partial charge in [-0.05, 0) is 23.5 Å². The Balaban J connectivity index is 1.79. The highest BCUT2D eigenvalue weighted by Crippen LogP contribution is 2.25. The smallest absolute Gasteiger partial charge is 0.243 e. The molecule has 1 unspecified atom stereocenters. The van der Waals surface area contributed by atoms with Crippen molar-refractivity contribution in [1.82, 2.24) is 10.6 Å². The lowest BCUT2D eigenvalue weighted by Gasteiger charge is -2.26. The van der Waals surface area contributed by atoms with E-state index in [1.165, 1.54) is 0 Å². The summed E-state index contributed by atoms with van der Waals surface area (Å²) in [6.45, 7) is 3.71. The Morgan fingerprint density at radius 3 is 1.87 bits per heavy atom. The van der Waals surface area contributed by atoms with Crippen LogP contribution < -0.4 is 10.6 Å². The molecule has 30 heavy (non-hydrogen) atoms. The van der Waals surface area contributed by atoms with Crippen LogP contribution in [0.1, 0.15) is 37.3 Å². The lowest BCUT2D eigenvalue weighted by molar-refractivity contribution is -0.130. The average Bonchev–Trinajstić information content (AvgIpc) is 3.05. The number of carbonyl (C=O) groups is 2. The first-order valence-electron chi connectivity index (χ1n) is 10.2. The highest BCUT2D eigenvalue weighted by molar-refractivity contribution is 7.91. The molecule has 0 aliphatic carbocycles. The molecule has 1 aliphatic rings. The summed E-state index contributed by atoms with van der Waals surface area (Å²) in [5.74, 6) is -1.28. The van der Waals surface area contributed by atoms with Gasteiger partial charge in [0.05, 0.1) is 17.4 Å². The van der Waals surface area contributed by atoms with Crippen LogP contribution in [0.2, 0.25) is 0 Å². The SMILES string of the molecule is CC(C)[C@H](NC(=O)C(c1ccccc1)c1ccccc1)C(=O)NC1CCS(=O)(=O)C1. The van der Waals surface area contributed by atoms with Gasteiger partial charge in [0.1, 0.15) is 6.04 Å². The maximum Gasteiger partial charge on any atom is 0.243 e. The quantitative estimate of drug-likeness (QED) is 0.708. The molecule has 2 aromatic carbocycles. The van der Waals surface area contributed by atoms with Crippen molar-refractivity contribution in [2.24, 2.45) is 5.92 Å². The summed E-state index contributed by atoms with van der Waals surface area (Å²) in [5.41, 5.74) is 1.68. The van der Waals surface area contributed by atoms with E-state index in [1.54, 1.807) is 0 Å². The van der Waals surface area contributed by atoms with Gasteiger partial charge >= 0.3 is 0 Å². The molecular weight excluding hydrogens is 400 g/mol. The van der Waals surface area contributed by atoms with E-state index in [-0.39, 0.29) is 29.2 Å². The molecule has 1 saturated heterocycles. The Labute approximate surface area is 178 Å². The molecule has 160 valence electrons. The molecule has 6 nitrogen and oxygen atoms in total. The summed E-state index contributed by atoms with van der Waals surface area (Å²) in [6.07, 6.45) is 0.406. The van der Waals surface area contributed by atoms with E-state index in [1.807, 2.05) is 74.5 Å². The van der Waals surface area contributed by atoms with Crippen LogP contribution in [-0.4, -0.2) is 43.8 Å². The fourth-order valence-electron chi connectivity index (χ4n) is 3.76. The van der Waals surface area contributed by atoms with Crippen LogP contribution in [0.3, 0.4) is 0 Å². The molecule has 0 spiro atoms. The summed E-state index contributed by atoms with van der Waals surface area (Å²) in [7, 11) is -3.10. The van der Waals surface area contributed by atoms with Crippen LogP contribution in [0.5, 0.6) is 0 Å². The van der Waals surface area contributed by atoms with Crippen LogP contribution in [0, 0.1) is 5.92 Å². The number of hydrogen-bond donors (Lipinski definition) is 2. The van der Waals surface area contributed by atoms with Crippen LogP contribution in [0.4, 0.5) is 0 Å². The van der Waals surface area contributed by atoms with Crippen LogP contribution in [-0.2, 0) is 19.4 Å². The fraction of sp³-hybridized carbons (Fsp3) is 0.391. The number of amides is 2. The molecule has 2 atom stereocenters. The number of nitrogens with one attached hydrogen (secondary N) is 2. The van der Waals surface area contributed by atoms with Gasteiger partial charge in [-0.1, -0.05) is 74.5 Å². The summed E-state index contributed by atoms with van der Waals surface area (Å²) in [5, 5.41) is 5.71. The highest BCUT2D eigenvalue weighted by atomic mass is 32.2. The molecule has 2 aromatic rings. The van der Waals surface area contributed by atoms with Gasteiger partial charge in [0.15, 0.2) is 9.84 Å². The van der Waals surface area contributed by atoms with Crippen molar-refractivity contribution < 1.29 is 18.0 Å². The second-order valence-electron chi connectivity index (χ2n) is 8.09. The predicted molar refractivity (Wildman–Crippen MR) is 117 cm³/mol. The van der Waals surface area contributed by atoms with Crippen molar-refractivity contribution in [1.29, 1.82) is 0 Å². The Morgan fingerprint density at radius 1 is 0.900 bits per heavy atom. The Morgan fingerprint density at radius 2 is 1.43 bits per heavy atom. The summed E-state index contributed by atoms with van der Waals surface area (Å²) >= 11 is 0. The van der Waals surface area contributed by atoms with Crippen molar-refractivity contribution in [3.63, 3.8) is 0 Å². The van der Waals surface area contributed by atoms with Gasteiger partial charge < -0.3 is 10.6 Å². The molecular formula is C23H28N2O4S. The Hall–Kier alpha value is -2.67. The molecule has 2 amide bonds. The van der Waals surface area contributed by atoms with E-state index >= 15 is 0 Å². The number of carbonyl (C=O) groups excluding carboxylic acids is 2. The van der Waals surface area contributed by atoms with Crippen molar-refractivity contribution in [2.75, 3.05) is 11.5 Å². The second-order valence-corrected chi connectivity index (χ2v) is 10.3. The van der Waals surface area contributed by atoms with Crippen molar-refractivity contribution in [2.45, 2.75) is 38.3 Å². The van der Waals surface area contributed by atoms with Gasteiger partial charge in [0.2, 0.25) is 11.8 Å². The molecule has 0 saturated carbocycles. The third-order valence-electron chi connectivity index (χ3n) is 5.35. The molecule has 3 rings (SSSR count). The maximum atomic E-state index is 13.3. The zero-order chi connectivity index (χ0) is 21.7. The first-order valence-corrected chi connectivity index (χ1v) is 12.0. The topological polar surface area (TPSA) is 92.3 Å². The fourth-order valence-corrected chi connectivity index (χ4v) is 5.43. The third kappa shape index (κ3) is 5.48. The lowest BCUT2D eigenvalue weighted by Crippen LogP contribution is -2.53. The predicted octanol–water partition coefficient (Wildman–Crippen LogP) is 2.26. The first-order chi connectivity index (χ1) is 14.3. The van der Waals surface area contributed by atoms with Gasteiger partial charge in [0, 0.05) is 6.04 Å². The number of benzene rings is 2. The lowest BCUT2D eigenvalue weighted by atomic mass is 9.89. The summed E-state index contributed by atoms with van der Waals surface area (Å²) in [4.78, 5) is 26.2. The van der Waals surface area contributed by atoms with E-state index < -0.39 is 27.8 Å². The van der Waals surface area contributed by atoms with E-state index in [4.69, 9.17) is 0 Å². The minimum Gasteiger partial charge on any atom is -0.351 e. The molecule has 0 radical (unpaired) electrons. The van der Waals surface area contributed by atoms with Gasteiger partial charge in [-0.25, -0.2) is 8.42 Å². The zero-order valence-electron chi connectivity index (χ0n) is 17.2. The Kier molecular flexibility index (Phi) is 6.92. The monoisotopic (exact) mass is 428 g/mol. The number of sulfone groups is 1. The van der Waals surface area contributed by atoms with Crippen molar-refractivity contribution in [3.05, 3.63) is 71.8 Å². The molecule has 0 bridgehead atoms. The summed E-state index contributed by atoms with van der Waals surface area (Å²) < 4.78 is 23.4. The standard InChI is InChI=1S/C23H28N2O4S/c1-16(2)21(23(27)24-19-13-14-30(28,29)15-19)25-22(26)20(17-9-5-3-6-10-17)18-11-7-4-8-12-18/h3-12,16,19-21H,13-15H2,1-2H3,(H,24,27)(H,25,26)/t19?,21-/m0/s1. The minimum absolute atomic E-state index is 0.0475. The van der Waals surface area contributed by atoms with Crippen molar-refractivity contribution in [3.8, 4) is 0 Å². The van der Waals surface area contributed by atoms with E-state index in [9.17, 15) is 18.0 Å². The van der Waals surface area contributed by atoms with Crippen LogP contribution in [0.15, 0.2) is 60.7 Å². The number of hydrogen-bond acceptors (Lipinski definition) is 4. The van der Waals surface area contributed by atoms with Crippen LogP contribution in [0.25, 0.3) is 0 Å². The third-order valence-corrected chi connectivity index (χ3v) is 7.12. The largest absolute Gasteiger partial charge is 0.351 e. The first kappa shape index (κ1) is 22.0. The average molecular weight is 429 g/mol. The minimum atomic E-state index is -3.10.